The fraction of sp³-hybridized carbons (Fsp3) is 0.310. The van der Waals surface area contributed by atoms with Gasteiger partial charge < -0.3 is 79.6 Å². The first kappa shape index (κ1) is 94.6. The summed E-state index contributed by atoms with van der Waals surface area (Å²) < 4.78 is 20.8. The molecule has 7 aliphatic heterocycles. The number of benzene rings is 9. The van der Waals surface area contributed by atoms with E-state index in [1.165, 1.54) is 12.7 Å². The topological polar surface area (TPSA) is 320 Å². The number of nitrogens with two attached hydrogens (primary N) is 1. The second-order valence-corrected chi connectivity index (χ2v) is 32.7. The van der Waals surface area contributed by atoms with Gasteiger partial charge in [0.1, 0.15) is 5.76 Å². The molecule has 0 radical (unpaired) electrons. The number of aromatic hydroxyl groups is 2. The average molecular weight is 1800 g/mol. The normalized spacial score (nSPS) is 16.2. The van der Waals surface area contributed by atoms with E-state index in [1.54, 1.807) is 75.4 Å². The number of hydrogen-bond donors (Lipinski definition) is 6. The molecule has 3 saturated heterocycles. The predicted octanol–water partition coefficient (Wildman–Crippen LogP) is 13.3. The van der Waals surface area contributed by atoms with Gasteiger partial charge >= 0.3 is 17.9 Å². The highest BCUT2D eigenvalue weighted by Crippen LogP contribution is 2.41. The minimum atomic E-state index is -0.416. The smallest absolute Gasteiger partial charge is 0.338 e. The molecule has 18 rings (SSSR count). The van der Waals surface area contributed by atoms with Gasteiger partial charge in [0.2, 0.25) is 17.7 Å². The summed E-state index contributed by atoms with van der Waals surface area (Å²) in [6.07, 6.45) is 2.44. The van der Waals surface area contributed by atoms with Gasteiger partial charge in [-0.05, 0) is 169 Å². The van der Waals surface area contributed by atoms with Crippen LogP contribution in [0, 0.1) is 0 Å². The predicted molar refractivity (Wildman–Crippen MR) is 515 cm³/mol. The summed E-state index contributed by atoms with van der Waals surface area (Å²) in [6.45, 7) is 21.2. The number of carbonyl (C=O) groups excluding carboxylic acids is 7. The van der Waals surface area contributed by atoms with Crippen LogP contribution in [0.15, 0.2) is 210 Å². The van der Waals surface area contributed by atoms with Crippen molar-refractivity contribution in [1.29, 1.82) is 0 Å². The third kappa shape index (κ3) is 21.9. The second kappa shape index (κ2) is 43.4. The molecule has 0 saturated carbocycles. The molecule has 30 heteroatoms. The number of piperazine rings is 3. The van der Waals surface area contributed by atoms with Crippen molar-refractivity contribution in [2.75, 3.05) is 192 Å². The van der Waals surface area contributed by atoms with E-state index < -0.39 is 17.9 Å². The molecular formula is C100H111Cl2N15O13. The van der Waals surface area contributed by atoms with Crippen LogP contribution in [0.4, 0.5) is 39.8 Å². The molecule has 4 amide bonds. The average Bonchev–Trinajstić information content (AvgIpc) is 1.64. The number of anilines is 5. The zero-order chi connectivity index (χ0) is 89.6. The van der Waals surface area contributed by atoms with Crippen LogP contribution in [0.5, 0.6) is 11.8 Å². The summed E-state index contributed by atoms with van der Waals surface area (Å²) in [4.78, 5) is 123. The Hall–Kier alpha value is -13.0. The Morgan fingerprint density at radius 1 is 0.408 bits per heavy atom. The number of hydrogen-bond acceptors (Lipinski definition) is 22. The van der Waals surface area contributed by atoms with Crippen molar-refractivity contribution in [2.24, 2.45) is 9.98 Å². The Labute approximate surface area is 768 Å². The molecule has 3 fully saturated rings. The van der Waals surface area contributed by atoms with Crippen molar-refractivity contribution in [1.82, 2.24) is 39.4 Å². The maximum Gasteiger partial charge on any atom is 0.338 e. The molecule has 0 aliphatic carbocycles. The molecule has 678 valence electrons. The number of aromatic amines is 2. The lowest BCUT2D eigenvalue weighted by Crippen LogP contribution is -2.48. The number of carbonyl (C=O) groups is 7. The van der Waals surface area contributed by atoms with Gasteiger partial charge in [-0.15, -0.1) is 24.8 Å². The standard InChI is InChI=1S/2C33H35N5O4.C19H17NO4.C15H22N4O.2ClH/c2*1-3-42-33(41)24-9-11-26-27(20-24)35-32(40)30(26)31(22-7-5-4-6-8-22)34-25-10-12-28-23(19-25)13-14-38(28)29(39)21-37-17-15-36(2)16-18-37;1-3-24-19(22)13-9-10-14-15(11-13)20-18(21)16(14)17(23-2)12-7-5-4-6-8-12;1-17-6-8-18(9-7-17)11-15(20)19-5-4-12-10-13(16)2-3-14(12)19;;/h2*4-12,19-20,35,40H,3,13-18,21H2,1-2H3;4-11H,3H2,1-2H3,(H,20,21);2-3,10H,4-9,11,16H2,1H3;2*1H/b;;17-16-;;;. The van der Waals surface area contributed by atoms with Crippen LogP contribution in [0.3, 0.4) is 0 Å². The molecule has 0 bridgehead atoms. The summed E-state index contributed by atoms with van der Waals surface area (Å²) in [5.74, 6) is -0.605. The molecule has 9 aromatic carbocycles. The van der Waals surface area contributed by atoms with E-state index in [-0.39, 0.29) is 73.4 Å². The number of methoxy groups -OCH3 is 1. The number of H-pyrrole nitrogens is 2. The number of amides is 4. The Morgan fingerprint density at radius 3 is 1.14 bits per heavy atom. The maximum absolute atomic E-state index is 13.2. The van der Waals surface area contributed by atoms with Crippen LogP contribution in [0.25, 0.3) is 33.1 Å². The van der Waals surface area contributed by atoms with Crippen LogP contribution in [-0.4, -0.2) is 268 Å². The number of nitrogen functional groups attached to an aromatic ring is 1. The number of likely N-dealkylation sites (N-methyl/N-ethyl adjacent to an activating group) is 3. The van der Waals surface area contributed by atoms with Crippen molar-refractivity contribution in [3.05, 3.63) is 267 Å². The van der Waals surface area contributed by atoms with E-state index >= 15 is 0 Å². The number of esters is 3. The Balaban J connectivity index is 0.000000154. The zero-order valence-electron chi connectivity index (χ0n) is 74.2. The van der Waals surface area contributed by atoms with Gasteiger partial charge in [0.25, 0.3) is 5.91 Å². The number of aromatic nitrogens is 2. The first-order valence-electron chi connectivity index (χ1n) is 43.7. The quantitative estimate of drug-likeness (QED) is 0.0103. The highest BCUT2D eigenvalue weighted by Gasteiger charge is 2.34. The van der Waals surface area contributed by atoms with Crippen LogP contribution in [0.1, 0.15) is 102 Å². The summed E-state index contributed by atoms with van der Waals surface area (Å²) >= 11 is 0. The minimum Gasteiger partial charge on any atom is -0.495 e. The van der Waals surface area contributed by atoms with Crippen molar-refractivity contribution < 1.29 is 62.7 Å². The third-order valence-corrected chi connectivity index (χ3v) is 24.1. The van der Waals surface area contributed by atoms with Crippen LogP contribution in [0.2, 0.25) is 0 Å². The van der Waals surface area contributed by atoms with E-state index in [1.807, 2.05) is 160 Å². The molecular weight excluding hydrogens is 1690 g/mol. The Kier molecular flexibility index (Phi) is 31.6. The zero-order valence-corrected chi connectivity index (χ0v) is 75.9. The van der Waals surface area contributed by atoms with Crippen LogP contribution in [-0.2, 0) is 57.4 Å². The summed E-state index contributed by atoms with van der Waals surface area (Å²) in [6, 6.07) is 61.9. The van der Waals surface area contributed by atoms with Crippen molar-refractivity contribution in [3.8, 4) is 11.8 Å². The van der Waals surface area contributed by atoms with E-state index in [0.29, 0.717) is 112 Å². The summed E-state index contributed by atoms with van der Waals surface area (Å²) in [5, 5.41) is 26.4. The number of aliphatic imine (C=N–C) groups is 2. The molecule has 9 heterocycles. The van der Waals surface area contributed by atoms with E-state index in [0.717, 1.165) is 177 Å². The maximum atomic E-state index is 13.2. The fourth-order valence-corrected chi connectivity index (χ4v) is 17.2. The van der Waals surface area contributed by atoms with Crippen molar-refractivity contribution >= 4 is 151 Å². The van der Waals surface area contributed by atoms with Gasteiger partial charge in [-0.25, -0.2) is 24.4 Å². The molecule has 0 atom stereocenters. The van der Waals surface area contributed by atoms with Gasteiger partial charge in [-0.2, -0.15) is 0 Å². The molecule has 0 unspecified atom stereocenters. The lowest BCUT2D eigenvalue weighted by molar-refractivity contribution is -0.120. The number of ether oxygens (including phenoxy) is 4. The molecule has 0 spiro atoms. The number of halogens is 2. The lowest BCUT2D eigenvalue weighted by Gasteiger charge is -2.32. The number of fused-ring (bicyclic) bond motifs is 6. The fourth-order valence-electron chi connectivity index (χ4n) is 17.2. The van der Waals surface area contributed by atoms with Gasteiger partial charge in [0.05, 0.1) is 108 Å². The monoisotopic (exact) mass is 1800 g/mol. The lowest BCUT2D eigenvalue weighted by atomic mass is 10.00. The number of nitrogens with one attached hydrogen (secondary N) is 3. The first-order chi connectivity index (χ1) is 62.1. The molecule has 130 heavy (non-hydrogen) atoms. The van der Waals surface area contributed by atoms with Crippen molar-refractivity contribution in [3.63, 3.8) is 0 Å². The highest BCUT2D eigenvalue weighted by atomic mass is 35.5. The van der Waals surface area contributed by atoms with Gasteiger partial charge in [-0.1, -0.05) is 109 Å². The second-order valence-electron chi connectivity index (χ2n) is 32.7. The van der Waals surface area contributed by atoms with Gasteiger partial charge in [0.15, 0.2) is 11.8 Å². The molecule has 7 aliphatic rings. The van der Waals surface area contributed by atoms with Crippen LogP contribution >= 0.6 is 24.8 Å². The first-order valence-corrected chi connectivity index (χ1v) is 43.7. The summed E-state index contributed by atoms with van der Waals surface area (Å²) in [5.41, 5.74) is 23.3. The summed E-state index contributed by atoms with van der Waals surface area (Å²) in [7, 11) is 7.88. The largest absolute Gasteiger partial charge is 0.495 e. The van der Waals surface area contributed by atoms with Crippen LogP contribution < -0.4 is 25.8 Å². The van der Waals surface area contributed by atoms with E-state index in [2.05, 4.69) is 65.8 Å². The molecule has 7 N–H and O–H groups in total. The number of rotatable bonds is 20. The minimum absolute atomic E-state index is 0. The van der Waals surface area contributed by atoms with E-state index in [4.69, 9.17) is 34.7 Å². The molecule has 2 aromatic heterocycles. The number of nitrogens with zero attached hydrogens (tertiary/aromatic N) is 11. The SMILES string of the molecule is CCOC(=O)c1ccc2c(C(=Nc3ccc4c(c3)CCN4C(=O)CN3CCN(C)CC3)c3ccccc3)c(O)[nH]c2c1.CCOC(=O)c1ccc2c(C(=Nc3ccc4c(c3)CCN4C(=O)CN3CCN(C)CC3)c3ccccc3)c(O)[nH]c2c1.CCOC(=O)c1ccc2c(c1)NC(=O)/C2=C(\OC)c1ccccc1.CN1CCN(CC(=O)N2CCc3cc(N)ccc32)CC1.Cl.Cl. The Morgan fingerprint density at radius 2 is 0.762 bits per heavy atom. The third-order valence-electron chi connectivity index (χ3n) is 24.1. The highest BCUT2D eigenvalue weighted by molar-refractivity contribution is 6.36. The molecule has 28 nitrogen and oxygen atoms in total. The Bertz CT molecular complexity index is 5790. The molecule has 11 aromatic rings. The van der Waals surface area contributed by atoms with Gasteiger partial charge in [-0.3, -0.25) is 33.9 Å². The van der Waals surface area contributed by atoms with E-state index in [9.17, 15) is 43.8 Å². The van der Waals surface area contributed by atoms with Crippen molar-refractivity contribution in [2.45, 2.75) is 40.0 Å². The van der Waals surface area contributed by atoms with Gasteiger partial charge in [0, 0.05) is 165 Å².